The van der Waals surface area contributed by atoms with Crippen molar-refractivity contribution in [1.29, 1.82) is 0 Å². The standard InChI is InChI=1S/C23H26N2/c1-21(2)16-10-6-8-12-18(16)24-15-25-19-13-9-7-11-17(19)22(3,4)23(25,5)14-20(21)24/h6-14H,15H2,1-5H3/t23-/m0/s1. The molecule has 1 atom stereocenters. The summed E-state index contributed by atoms with van der Waals surface area (Å²) in [5, 5.41) is 0. The average molecular weight is 330 g/mol. The van der Waals surface area contributed by atoms with Gasteiger partial charge in [-0.05, 0) is 36.3 Å². The first-order valence-corrected chi connectivity index (χ1v) is 9.26. The third-order valence-corrected chi connectivity index (χ3v) is 7.19. The summed E-state index contributed by atoms with van der Waals surface area (Å²) in [5.74, 6) is 0. The Labute approximate surface area is 150 Å². The number of rotatable bonds is 0. The van der Waals surface area contributed by atoms with E-state index in [9.17, 15) is 0 Å². The molecule has 0 bridgehead atoms. The largest absolute Gasteiger partial charge is 0.343 e. The maximum Gasteiger partial charge on any atom is 0.0957 e. The predicted octanol–water partition coefficient (Wildman–Crippen LogP) is 5.20. The summed E-state index contributed by atoms with van der Waals surface area (Å²) >= 11 is 0. The fraction of sp³-hybridized carbons (Fsp3) is 0.391. The summed E-state index contributed by atoms with van der Waals surface area (Å²) in [6.45, 7) is 12.9. The molecule has 0 N–H and O–H groups in total. The van der Waals surface area contributed by atoms with Gasteiger partial charge in [-0.15, -0.1) is 0 Å². The molecule has 5 rings (SSSR count). The lowest BCUT2D eigenvalue weighted by atomic mass is 9.69. The Hall–Kier alpha value is -2.22. The van der Waals surface area contributed by atoms with Crippen LogP contribution in [0.1, 0.15) is 45.7 Å². The van der Waals surface area contributed by atoms with Crippen LogP contribution < -0.4 is 9.80 Å². The van der Waals surface area contributed by atoms with Crippen molar-refractivity contribution in [3.05, 3.63) is 71.4 Å². The second-order valence-electron chi connectivity index (χ2n) is 8.96. The van der Waals surface area contributed by atoms with Crippen LogP contribution in [-0.2, 0) is 10.8 Å². The average Bonchev–Trinajstić information content (AvgIpc) is 2.91. The van der Waals surface area contributed by atoms with E-state index in [-0.39, 0.29) is 16.4 Å². The maximum atomic E-state index is 2.60. The summed E-state index contributed by atoms with van der Waals surface area (Å²) in [6.07, 6.45) is 2.55. The van der Waals surface area contributed by atoms with Gasteiger partial charge in [0, 0.05) is 27.9 Å². The first-order chi connectivity index (χ1) is 11.8. The Kier molecular flexibility index (Phi) is 2.59. The van der Waals surface area contributed by atoms with Gasteiger partial charge >= 0.3 is 0 Å². The van der Waals surface area contributed by atoms with Gasteiger partial charge in [0.25, 0.3) is 0 Å². The van der Waals surface area contributed by atoms with Crippen molar-refractivity contribution in [2.24, 2.45) is 0 Å². The number of benzene rings is 2. The summed E-state index contributed by atoms with van der Waals surface area (Å²) in [6, 6.07) is 17.8. The van der Waals surface area contributed by atoms with E-state index in [2.05, 4.69) is 99.0 Å². The van der Waals surface area contributed by atoms with Crippen LogP contribution in [0.3, 0.4) is 0 Å². The molecule has 0 saturated carbocycles. The second kappa shape index (κ2) is 4.30. The number of para-hydroxylation sites is 2. The van der Waals surface area contributed by atoms with Crippen LogP contribution in [0, 0.1) is 0 Å². The van der Waals surface area contributed by atoms with Gasteiger partial charge in [0.1, 0.15) is 0 Å². The van der Waals surface area contributed by atoms with E-state index in [1.807, 2.05) is 0 Å². The Balaban J connectivity index is 1.77. The normalized spacial score (nSPS) is 27.3. The molecule has 0 fully saturated rings. The number of allylic oxidation sites excluding steroid dienone is 1. The number of hydrogen-bond donors (Lipinski definition) is 0. The zero-order valence-electron chi connectivity index (χ0n) is 15.8. The molecular weight excluding hydrogens is 304 g/mol. The SMILES string of the molecule is CC1(C)C2=C[C@]3(C)N(CN2c2ccccc21)c1ccccc1C3(C)C. The van der Waals surface area contributed by atoms with Crippen molar-refractivity contribution in [2.45, 2.75) is 51.0 Å². The molecule has 0 saturated heterocycles. The van der Waals surface area contributed by atoms with E-state index in [1.165, 1.54) is 28.2 Å². The quantitative estimate of drug-likeness (QED) is 0.655. The van der Waals surface area contributed by atoms with Crippen LogP contribution >= 0.6 is 0 Å². The fourth-order valence-corrected chi connectivity index (χ4v) is 5.24. The molecule has 3 aliphatic heterocycles. The fourth-order valence-electron chi connectivity index (χ4n) is 5.24. The van der Waals surface area contributed by atoms with Crippen molar-refractivity contribution < 1.29 is 0 Å². The first kappa shape index (κ1) is 15.1. The molecule has 0 unspecified atom stereocenters. The highest BCUT2D eigenvalue weighted by Crippen LogP contribution is 2.58. The zero-order valence-corrected chi connectivity index (χ0v) is 15.8. The number of fused-ring (bicyclic) bond motifs is 6. The van der Waals surface area contributed by atoms with Crippen LogP contribution in [0.4, 0.5) is 11.4 Å². The van der Waals surface area contributed by atoms with Gasteiger partial charge < -0.3 is 9.80 Å². The van der Waals surface area contributed by atoms with Gasteiger partial charge in [0.15, 0.2) is 0 Å². The van der Waals surface area contributed by atoms with Gasteiger partial charge in [-0.2, -0.15) is 0 Å². The van der Waals surface area contributed by atoms with Crippen molar-refractivity contribution in [3.8, 4) is 0 Å². The molecule has 0 spiro atoms. The minimum absolute atomic E-state index is 0.0121. The lowest BCUT2D eigenvalue weighted by Gasteiger charge is -2.50. The minimum atomic E-state index is -0.0121. The molecule has 3 heterocycles. The van der Waals surface area contributed by atoms with Crippen LogP contribution in [0.25, 0.3) is 0 Å². The van der Waals surface area contributed by atoms with Crippen molar-refractivity contribution >= 4 is 11.4 Å². The molecular formula is C23H26N2. The summed E-state index contributed by atoms with van der Waals surface area (Å²) in [5.41, 5.74) is 7.22. The molecule has 0 aromatic heterocycles. The minimum Gasteiger partial charge on any atom is -0.343 e. The van der Waals surface area contributed by atoms with Gasteiger partial charge in [-0.25, -0.2) is 0 Å². The third-order valence-electron chi connectivity index (χ3n) is 7.19. The lowest BCUT2D eigenvalue weighted by molar-refractivity contribution is 0.335. The molecule has 0 aliphatic carbocycles. The Morgan fingerprint density at radius 3 is 2.08 bits per heavy atom. The Morgan fingerprint density at radius 1 is 0.760 bits per heavy atom. The maximum absolute atomic E-state index is 2.60. The van der Waals surface area contributed by atoms with E-state index in [4.69, 9.17) is 0 Å². The van der Waals surface area contributed by atoms with Crippen LogP contribution in [0.5, 0.6) is 0 Å². The van der Waals surface area contributed by atoms with Gasteiger partial charge in [-0.1, -0.05) is 64.1 Å². The second-order valence-corrected chi connectivity index (χ2v) is 8.96. The lowest BCUT2D eigenvalue weighted by Crippen LogP contribution is -2.59. The molecule has 2 aromatic rings. The molecule has 25 heavy (non-hydrogen) atoms. The van der Waals surface area contributed by atoms with E-state index >= 15 is 0 Å². The highest BCUT2D eigenvalue weighted by molar-refractivity contribution is 5.77. The number of hydrogen-bond acceptors (Lipinski definition) is 2. The molecule has 128 valence electrons. The molecule has 3 aliphatic rings. The predicted molar refractivity (Wildman–Crippen MR) is 105 cm³/mol. The van der Waals surface area contributed by atoms with Crippen molar-refractivity contribution in [3.63, 3.8) is 0 Å². The van der Waals surface area contributed by atoms with E-state index in [0.29, 0.717) is 0 Å². The molecule has 0 radical (unpaired) electrons. The number of anilines is 2. The zero-order chi connectivity index (χ0) is 17.6. The summed E-state index contributed by atoms with van der Waals surface area (Å²) < 4.78 is 0. The van der Waals surface area contributed by atoms with Crippen molar-refractivity contribution in [1.82, 2.24) is 0 Å². The molecule has 2 aromatic carbocycles. The van der Waals surface area contributed by atoms with E-state index in [1.54, 1.807) is 0 Å². The van der Waals surface area contributed by atoms with Crippen molar-refractivity contribution in [2.75, 3.05) is 16.5 Å². The van der Waals surface area contributed by atoms with Crippen LogP contribution in [0.15, 0.2) is 60.3 Å². The Bertz CT molecular complexity index is 921. The smallest absolute Gasteiger partial charge is 0.0957 e. The molecule has 2 heteroatoms. The highest BCUT2D eigenvalue weighted by atomic mass is 15.4. The third kappa shape index (κ3) is 1.57. The topological polar surface area (TPSA) is 6.48 Å². The summed E-state index contributed by atoms with van der Waals surface area (Å²) in [4.78, 5) is 5.12. The van der Waals surface area contributed by atoms with Crippen LogP contribution in [0.2, 0.25) is 0 Å². The Morgan fingerprint density at radius 2 is 1.36 bits per heavy atom. The molecule has 2 nitrogen and oxygen atoms in total. The van der Waals surface area contributed by atoms with E-state index in [0.717, 1.165) is 6.67 Å². The van der Waals surface area contributed by atoms with Gasteiger partial charge in [0.05, 0.1) is 12.2 Å². The first-order valence-electron chi connectivity index (χ1n) is 9.26. The van der Waals surface area contributed by atoms with Crippen LogP contribution in [-0.4, -0.2) is 12.2 Å². The highest BCUT2D eigenvalue weighted by Gasteiger charge is 2.57. The summed E-state index contributed by atoms with van der Waals surface area (Å²) in [7, 11) is 0. The monoisotopic (exact) mass is 330 g/mol. The molecule has 0 amide bonds. The van der Waals surface area contributed by atoms with E-state index < -0.39 is 0 Å². The number of nitrogens with zero attached hydrogens (tertiary/aromatic N) is 2. The van der Waals surface area contributed by atoms with Gasteiger partial charge in [0.2, 0.25) is 0 Å². The van der Waals surface area contributed by atoms with Gasteiger partial charge in [-0.3, -0.25) is 0 Å².